The lowest BCUT2D eigenvalue weighted by Crippen LogP contribution is -2.36. The van der Waals surface area contributed by atoms with E-state index in [0.717, 1.165) is 58.7 Å². The average molecular weight is 760 g/mol. The zero-order chi connectivity index (χ0) is 39.7. The van der Waals surface area contributed by atoms with Crippen LogP contribution in [-0.2, 0) is 38.5 Å². The smallest absolute Gasteiger partial charge is 0.298 e. The third-order valence-electron chi connectivity index (χ3n) is 10.9. The number of rotatable bonds is 12. The van der Waals surface area contributed by atoms with Gasteiger partial charge in [0.1, 0.15) is 11.4 Å². The molecule has 7 rings (SSSR count). The number of aryl methyl sites for hydroxylation is 6. The molecule has 0 aliphatic carbocycles. The van der Waals surface area contributed by atoms with Crippen LogP contribution in [0.5, 0.6) is 0 Å². The molecule has 1 unspecified atom stereocenters. The number of imidazole rings is 2. The first-order valence-electron chi connectivity index (χ1n) is 19.6. The zero-order valence-corrected chi connectivity index (χ0v) is 33.6. The van der Waals surface area contributed by atoms with Crippen molar-refractivity contribution in [2.45, 2.75) is 79.2 Å². The molecule has 5 heterocycles. The van der Waals surface area contributed by atoms with Crippen LogP contribution in [0.25, 0.3) is 22.1 Å². The van der Waals surface area contributed by atoms with Crippen molar-refractivity contribution in [1.29, 1.82) is 0 Å². The molecule has 4 aromatic heterocycles. The second-order valence-corrected chi connectivity index (χ2v) is 14.7. The van der Waals surface area contributed by atoms with E-state index in [1.165, 1.54) is 0 Å². The summed E-state index contributed by atoms with van der Waals surface area (Å²) in [4.78, 5) is 39.7. The van der Waals surface area contributed by atoms with Crippen molar-refractivity contribution >= 4 is 33.9 Å². The maximum absolute atomic E-state index is 14.0. The Kier molecular flexibility index (Phi) is 11.2. The molecule has 0 N–H and O–H groups in total. The second kappa shape index (κ2) is 16.2. The van der Waals surface area contributed by atoms with E-state index in [1.807, 2.05) is 75.2 Å². The Morgan fingerprint density at radius 1 is 0.804 bits per heavy atom. The minimum absolute atomic E-state index is 0.0692. The highest BCUT2D eigenvalue weighted by Crippen LogP contribution is 2.29. The number of hydrogen-bond acceptors (Lipinski definition) is 6. The van der Waals surface area contributed by atoms with Crippen LogP contribution in [0.4, 0.5) is 0 Å². The van der Waals surface area contributed by atoms with Gasteiger partial charge in [0.05, 0.1) is 52.7 Å². The number of carbonyl (C=O) groups is 2. The molecule has 14 heteroatoms. The van der Waals surface area contributed by atoms with E-state index in [1.54, 1.807) is 21.5 Å². The number of aromatic nitrogens is 8. The molecule has 0 spiro atoms. The van der Waals surface area contributed by atoms with Gasteiger partial charge in [-0.1, -0.05) is 30.3 Å². The summed E-state index contributed by atoms with van der Waals surface area (Å²) in [5.74, 6) is -0.683. The summed E-state index contributed by atoms with van der Waals surface area (Å²) in [6, 6.07) is 17.8. The highest BCUT2D eigenvalue weighted by Gasteiger charge is 2.24. The van der Waals surface area contributed by atoms with Gasteiger partial charge >= 0.3 is 0 Å². The van der Waals surface area contributed by atoms with Gasteiger partial charge in [0.25, 0.3) is 11.8 Å². The zero-order valence-electron chi connectivity index (χ0n) is 33.6. The summed E-state index contributed by atoms with van der Waals surface area (Å²) in [5.41, 5.74) is 8.67. The lowest BCUT2D eigenvalue weighted by atomic mass is 10.1. The summed E-state index contributed by atoms with van der Waals surface area (Å²) in [6.45, 7) is 19.2. The SMILES string of the molecule is C=C[C@@H](CCC(C)n1/c(=N/C(=O)c2cc(C)nn2CC)n(C)c2ccccc21)n1/c(=N/C(=O)c2cc(C)nn2CC)n(C)c2cccc(CN3CCOCC3)c21. The Balaban J connectivity index is 1.32. The molecule has 0 radical (unpaired) electrons. The fraction of sp³-hybridized carbons (Fsp3) is 0.429. The van der Waals surface area contributed by atoms with E-state index in [9.17, 15) is 9.59 Å². The van der Waals surface area contributed by atoms with Crippen LogP contribution in [0.3, 0.4) is 0 Å². The summed E-state index contributed by atoms with van der Waals surface area (Å²) in [7, 11) is 3.92. The first-order chi connectivity index (χ1) is 27.0. The van der Waals surface area contributed by atoms with Gasteiger partial charge in [-0.3, -0.25) is 23.9 Å². The number of benzene rings is 2. The van der Waals surface area contributed by atoms with Crippen molar-refractivity contribution in [1.82, 2.24) is 42.7 Å². The number of hydrogen-bond donors (Lipinski definition) is 0. The maximum atomic E-state index is 14.0. The van der Waals surface area contributed by atoms with Crippen molar-refractivity contribution in [3.05, 3.63) is 107 Å². The molecule has 294 valence electrons. The molecule has 1 aliphatic heterocycles. The third-order valence-corrected chi connectivity index (χ3v) is 10.9. The Hall–Kier alpha value is -5.60. The van der Waals surface area contributed by atoms with Crippen molar-refractivity contribution < 1.29 is 14.3 Å². The van der Waals surface area contributed by atoms with E-state index >= 15 is 0 Å². The fourth-order valence-electron chi connectivity index (χ4n) is 8.07. The minimum atomic E-state index is -0.347. The van der Waals surface area contributed by atoms with Crippen LogP contribution in [0.1, 0.15) is 83.6 Å². The number of amides is 2. The van der Waals surface area contributed by atoms with E-state index < -0.39 is 0 Å². The molecule has 2 amide bonds. The summed E-state index contributed by atoms with van der Waals surface area (Å²) in [6.07, 6.45) is 3.34. The number of allylic oxidation sites excluding steroid dienone is 1. The van der Waals surface area contributed by atoms with Crippen LogP contribution in [0.2, 0.25) is 0 Å². The Morgan fingerprint density at radius 2 is 1.36 bits per heavy atom. The maximum Gasteiger partial charge on any atom is 0.298 e. The normalized spacial score (nSPS) is 15.6. The molecule has 2 aromatic carbocycles. The second-order valence-electron chi connectivity index (χ2n) is 14.7. The summed E-state index contributed by atoms with van der Waals surface area (Å²) in [5, 5.41) is 9.00. The van der Waals surface area contributed by atoms with Gasteiger partial charge in [-0.25, -0.2) is 0 Å². The quantitative estimate of drug-likeness (QED) is 0.154. The minimum Gasteiger partial charge on any atom is -0.379 e. The standard InChI is InChI=1S/C42H53N11O3/c1-9-32(20-19-30(6)52-34-17-13-12-16-33(34)47(7)41(52)43-39(54)36-25-28(4)45-50(36)10-2)53-38-31(27-49-21-23-56-24-22-49)15-14-18-35(38)48(8)42(53)44-40(55)37-26-29(5)46-51(37)11-3/h9,12-18,25-26,30,32H,1,10-11,19-24,27H2,2-8H3/b43-41+,44-42+/t30?,32-/m0/s1. The van der Waals surface area contributed by atoms with Gasteiger partial charge < -0.3 is 23.0 Å². The molecule has 2 atom stereocenters. The van der Waals surface area contributed by atoms with E-state index in [0.29, 0.717) is 61.8 Å². The summed E-state index contributed by atoms with van der Waals surface area (Å²) >= 11 is 0. The van der Waals surface area contributed by atoms with Crippen LogP contribution in [0.15, 0.2) is 77.2 Å². The van der Waals surface area contributed by atoms with Gasteiger partial charge in [-0.15, -0.1) is 6.58 Å². The lowest BCUT2D eigenvalue weighted by molar-refractivity contribution is 0.0343. The van der Waals surface area contributed by atoms with Gasteiger partial charge in [0.2, 0.25) is 11.2 Å². The third kappa shape index (κ3) is 7.26. The predicted molar refractivity (Wildman–Crippen MR) is 216 cm³/mol. The Morgan fingerprint density at radius 3 is 1.95 bits per heavy atom. The van der Waals surface area contributed by atoms with E-state index in [4.69, 9.17) is 14.7 Å². The molecular formula is C42H53N11O3. The van der Waals surface area contributed by atoms with Crippen molar-refractivity contribution in [2.24, 2.45) is 24.1 Å². The van der Waals surface area contributed by atoms with Crippen molar-refractivity contribution in [3.8, 4) is 0 Å². The largest absolute Gasteiger partial charge is 0.379 e. The number of ether oxygens (including phenoxy) is 1. The first-order valence-corrected chi connectivity index (χ1v) is 19.6. The van der Waals surface area contributed by atoms with Crippen LogP contribution in [-0.4, -0.2) is 80.8 Å². The molecule has 0 bridgehead atoms. The Bertz CT molecular complexity index is 2570. The van der Waals surface area contributed by atoms with Crippen molar-refractivity contribution in [2.75, 3.05) is 26.3 Å². The molecule has 6 aromatic rings. The lowest BCUT2D eigenvalue weighted by Gasteiger charge is -2.27. The van der Waals surface area contributed by atoms with Gasteiger partial charge in [0, 0.05) is 52.9 Å². The van der Waals surface area contributed by atoms with Crippen LogP contribution in [0, 0.1) is 13.8 Å². The highest BCUT2D eigenvalue weighted by molar-refractivity contribution is 5.94. The molecule has 1 aliphatic rings. The van der Waals surface area contributed by atoms with Gasteiger partial charge in [-0.2, -0.15) is 20.2 Å². The number of para-hydroxylation sites is 3. The predicted octanol–water partition coefficient (Wildman–Crippen LogP) is 5.41. The number of morpholine rings is 1. The van der Waals surface area contributed by atoms with Crippen LogP contribution >= 0.6 is 0 Å². The fourth-order valence-corrected chi connectivity index (χ4v) is 8.07. The number of nitrogens with zero attached hydrogens (tertiary/aromatic N) is 11. The topological polar surface area (TPSA) is 127 Å². The number of carbonyl (C=O) groups excluding carboxylic acids is 2. The molecule has 1 saturated heterocycles. The number of fused-ring (bicyclic) bond motifs is 2. The van der Waals surface area contributed by atoms with Crippen LogP contribution < -0.4 is 11.2 Å². The van der Waals surface area contributed by atoms with Gasteiger partial charge in [0.15, 0.2) is 0 Å². The highest BCUT2D eigenvalue weighted by atomic mass is 16.5. The molecule has 1 fully saturated rings. The summed E-state index contributed by atoms with van der Waals surface area (Å²) < 4.78 is 17.4. The molecule has 56 heavy (non-hydrogen) atoms. The molecular weight excluding hydrogens is 707 g/mol. The van der Waals surface area contributed by atoms with Gasteiger partial charge in [-0.05, 0) is 83.4 Å². The molecule has 0 saturated carbocycles. The van der Waals surface area contributed by atoms with E-state index in [2.05, 4.69) is 62.0 Å². The monoisotopic (exact) mass is 759 g/mol. The molecule has 14 nitrogen and oxygen atoms in total. The Labute approximate surface area is 326 Å². The average Bonchev–Trinajstić information content (AvgIpc) is 3.93. The van der Waals surface area contributed by atoms with E-state index in [-0.39, 0.29) is 23.9 Å². The van der Waals surface area contributed by atoms with Crippen molar-refractivity contribution in [3.63, 3.8) is 0 Å². The first kappa shape index (κ1) is 38.7.